The lowest BCUT2D eigenvalue weighted by molar-refractivity contribution is 0.183. The lowest BCUT2D eigenvalue weighted by atomic mass is 10.0. The van der Waals surface area contributed by atoms with Gasteiger partial charge in [-0.3, -0.25) is 4.98 Å². The number of nitrogens with one attached hydrogen (secondary N) is 1. The number of nitrogen functional groups attached to an aromatic ring is 1. The van der Waals surface area contributed by atoms with E-state index < -0.39 is 0 Å². The molecule has 3 rings (SSSR count). The van der Waals surface area contributed by atoms with Crippen LogP contribution < -0.4 is 11.1 Å². The van der Waals surface area contributed by atoms with Crippen molar-refractivity contribution in [3.8, 4) is 11.1 Å². The molecule has 2 unspecified atom stereocenters. The van der Waals surface area contributed by atoms with Gasteiger partial charge >= 0.3 is 0 Å². The van der Waals surface area contributed by atoms with Gasteiger partial charge in [0.2, 0.25) is 0 Å². The Morgan fingerprint density at radius 2 is 2.45 bits per heavy atom. The van der Waals surface area contributed by atoms with Crippen LogP contribution in [-0.2, 0) is 4.74 Å². The normalized spacial score (nSPS) is 19.9. The van der Waals surface area contributed by atoms with Crippen molar-refractivity contribution in [3.63, 3.8) is 0 Å². The predicted molar refractivity (Wildman–Crippen MR) is 81.8 cm³/mol. The first-order valence-electron chi connectivity index (χ1n) is 6.75. The van der Waals surface area contributed by atoms with Crippen LogP contribution in [0.25, 0.3) is 11.1 Å². The number of aromatic nitrogens is 2. The van der Waals surface area contributed by atoms with Crippen LogP contribution in [0.15, 0.2) is 24.5 Å². The molecule has 0 radical (unpaired) electrons. The number of pyridine rings is 1. The van der Waals surface area contributed by atoms with Crippen LogP contribution in [0.1, 0.15) is 13.3 Å². The molecule has 1 saturated heterocycles. The maximum absolute atomic E-state index is 6.01. The number of anilines is 2. The highest BCUT2D eigenvalue weighted by Crippen LogP contribution is 2.37. The summed E-state index contributed by atoms with van der Waals surface area (Å²) in [6.07, 6.45) is 4.67. The molecule has 2 aromatic rings. The van der Waals surface area contributed by atoms with Gasteiger partial charge in [-0.1, -0.05) is 6.07 Å². The summed E-state index contributed by atoms with van der Waals surface area (Å²) >= 11 is 1.40. The molecule has 0 aliphatic carbocycles. The lowest BCUT2D eigenvalue weighted by Crippen LogP contribution is -2.25. The molecule has 1 aliphatic rings. The minimum atomic E-state index is 0.341. The van der Waals surface area contributed by atoms with Crippen LogP contribution in [0.4, 0.5) is 10.8 Å². The lowest BCUT2D eigenvalue weighted by Gasteiger charge is -2.20. The van der Waals surface area contributed by atoms with Gasteiger partial charge in [0.15, 0.2) is 0 Å². The molecule has 3 heterocycles. The summed E-state index contributed by atoms with van der Waals surface area (Å²) in [5.74, 6) is 1.10. The molecule has 2 aromatic heterocycles. The summed E-state index contributed by atoms with van der Waals surface area (Å²) in [7, 11) is 0. The van der Waals surface area contributed by atoms with E-state index in [4.69, 9.17) is 10.5 Å². The Bertz CT molecular complexity index is 566. The third-order valence-electron chi connectivity index (χ3n) is 3.70. The van der Waals surface area contributed by atoms with E-state index in [2.05, 4.69) is 21.6 Å². The van der Waals surface area contributed by atoms with Crippen LogP contribution in [0, 0.1) is 5.92 Å². The van der Waals surface area contributed by atoms with Crippen molar-refractivity contribution in [2.45, 2.75) is 19.4 Å². The summed E-state index contributed by atoms with van der Waals surface area (Å²) in [6.45, 7) is 3.87. The molecular weight excluding hydrogens is 272 g/mol. The highest BCUT2D eigenvalue weighted by molar-refractivity contribution is 7.11. The van der Waals surface area contributed by atoms with Crippen molar-refractivity contribution in [3.05, 3.63) is 24.5 Å². The Morgan fingerprint density at radius 1 is 1.55 bits per heavy atom. The third-order valence-corrected chi connectivity index (χ3v) is 4.49. The maximum atomic E-state index is 6.01. The molecule has 2 atom stereocenters. The van der Waals surface area contributed by atoms with Crippen molar-refractivity contribution in [1.29, 1.82) is 0 Å². The van der Waals surface area contributed by atoms with Gasteiger partial charge in [-0.25, -0.2) is 0 Å². The van der Waals surface area contributed by atoms with Crippen LogP contribution in [0.2, 0.25) is 0 Å². The van der Waals surface area contributed by atoms with Gasteiger partial charge in [-0.15, -0.1) is 0 Å². The molecule has 106 valence electrons. The van der Waals surface area contributed by atoms with E-state index in [-0.39, 0.29) is 0 Å². The molecule has 0 bridgehead atoms. The standard InChI is InChI=1S/C14H18N4OS/c1-9(11-4-6-19-8-11)17-14-12(13(15)18-20-14)10-3-2-5-16-7-10/h2-3,5,7,9,11,17H,4,6,8H2,1H3,(H2,15,18). The Hall–Kier alpha value is -1.66. The number of rotatable bonds is 4. The number of hydrogen-bond donors (Lipinski definition) is 2. The summed E-state index contributed by atoms with van der Waals surface area (Å²) in [5, 5.41) is 4.55. The quantitative estimate of drug-likeness (QED) is 0.905. The van der Waals surface area contributed by atoms with Gasteiger partial charge in [0.05, 0.1) is 12.2 Å². The van der Waals surface area contributed by atoms with Gasteiger partial charge in [-0.05, 0) is 30.9 Å². The monoisotopic (exact) mass is 290 g/mol. The van der Waals surface area contributed by atoms with Crippen LogP contribution in [0.5, 0.6) is 0 Å². The molecule has 1 aliphatic heterocycles. The fourth-order valence-electron chi connectivity index (χ4n) is 2.46. The van der Waals surface area contributed by atoms with Crippen LogP contribution in [-0.4, -0.2) is 28.6 Å². The fraction of sp³-hybridized carbons (Fsp3) is 0.429. The molecule has 0 saturated carbocycles. The van der Waals surface area contributed by atoms with E-state index in [1.54, 1.807) is 6.20 Å². The first kappa shape index (κ1) is 13.3. The van der Waals surface area contributed by atoms with Crippen molar-refractivity contribution >= 4 is 22.4 Å². The molecule has 1 fully saturated rings. The van der Waals surface area contributed by atoms with Gasteiger partial charge in [0.1, 0.15) is 10.8 Å². The summed E-state index contributed by atoms with van der Waals surface area (Å²) < 4.78 is 9.72. The summed E-state index contributed by atoms with van der Waals surface area (Å²) in [4.78, 5) is 4.15. The fourth-order valence-corrected chi connectivity index (χ4v) is 3.30. The number of nitrogens with zero attached hydrogens (tertiary/aromatic N) is 2. The molecule has 0 spiro atoms. The highest BCUT2D eigenvalue weighted by atomic mass is 32.1. The van der Waals surface area contributed by atoms with E-state index in [1.165, 1.54) is 11.5 Å². The largest absolute Gasteiger partial charge is 0.382 e. The minimum Gasteiger partial charge on any atom is -0.382 e. The zero-order chi connectivity index (χ0) is 13.9. The van der Waals surface area contributed by atoms with E-state index in [1.807, 2.05) is 18.3 Å². The van der Waals surface area contributed by atoms with Crippen molar-refractivity contribution in [2.24, 2.45) is 5.92 Å². The Labute approximate surface area is 122 Å². The second-order valence-electron chi connectivity index (χ2n) is 5.07. The van der Waals surface area contributed by atoms with E-state index in [9.17, 15) is 0 Å². The average Bonchev–Trinajstić information content (AvgIpc) is 3.10. The van der Waals surface area contributed by atoms with Crippen molar-refractivity contribution < 1.29 is 4.74 Å². The molecule has 20 heavy (non-hydrogen) atoms. The SMILES string of the molecule is CC(Nc1snc(N)c1-c1cccnc1)C1CCOC1. The van der Waals surface area contributed by atoms with E-state index in [0.717, 1.165) is 35.8 Å². The van der Waals surface area contributed by atoms with Gasteiger partial charge in [-0.2, -0.15) is 4.37 Å². The predicted octanol–water partition coefficient (Wildman–Crippen LogP) is 2.62. The molecule has 3 N–H and O–H groups in total. The van der Waals surface area contributed by atoms with Crippen LogP contribution >= 0.6 is 11.5 Å². The third kappa shape index (κ3) is 2.62. The molecule has 0 aromatic carbocycles. The second-order valence-corrected chi connectivity index (χ2v) is 5.84. The second kappa shape index (κ2) is 5.76. The number of hydrogen-bond acceptors (Lipinski definition) is 6. The van der Waals surface area contributed by atoms with Crippen molar-refractivity contribution in [2.75, 3.05) is 24.3 Å². The molecule has 5 nitrogen and oxygen atoms in total. The topological polar surface area (TPSA) is 73.1 Å². The number of nitrogens with two attached hydrogens (primary N) is 1. The first-order valence-corrected chi connectivity index (χ1v) is 7.53. The Balaban J connectivity index is 1.84. The Morgan fingerprint density at radius 3 is 3.15 bits per heavy atom. The maximum Gasteiger partial charge on any atom is 0.147 e. The van der Waals surface area contributed by atoms with Gasteiger partial charge < -0.3 is 15.8 Å². The van der Waals surface area contributed by atoms with Crippen LogP contribution in [0.3, 0.4) is 0 Å². The van der Waals surface area contributed by atoms with Gasteiger partial charge in [0, 0.05) is 36.5 Å². The smallest absolute Gasteiger partial charge is 0.147 e. The zero-order valence-corrected chi connectivity index (χ0v) is 12.2. The first-order chi connectivity index (χ1) is 9.75. The molecular formula is C14H18N4OS. The van der Waals surface area contributed by atoms with E-state index in [0.29, 0.717) is 17.8 Å². The minimum absolute atomic E-state index is 0.341. The average molecular weight is 290 g/mol. The molecule has 6 heteroatoms. The Kier molecular flexibility index (Phi) is 3.84. The summed E-state index contributed by atoms with van der Waals surface area (Å²) in [6, 6.07) is 4.25. The zero-order valence-electron chi connectivity index (χ0n) is 11.4. The summed E-state index contributed by atoms with van der Waals surface area (Å²) in [5.41, 5.74) is 7.96. The highest BCUT2D eigenvalue weighted by Gasteiger charge is 2.24. The number of ether oxygens (including phenoxy) is 1. The molecule has 0 amide bonds. The van der Waals surface area contributed by atoms with Gasteiger partial charge in [0.25, 0.3) is 0 Å². The van der Waals surface area contributed by atoms with Crippen molar-refractivity contribution in [1.82, 2.24) is 9.36 Å². The van der Waals surface area contributed by atoms with E-state index >= 15 is 0 Å².